The normalized spacial score (nSPS) is 19.9. The molecule has 4 nitrogen and oxygen atoms in total. The van der Waals surface area contributed by atoms with E-state index in [0.29, 0.717) is 11.6 Å². The van der Waals surface area contributed by atoms with Gasteiger partial charge >= 0.3 is 0 Å². The number of hydrogen-bond donors (Lipinski definition) is 1. The first-order chi connectivity index (χ1) is 8.70. The van der Waals surface area contributed by atoms with Gasteiger partial charge in [0.1, 0.15) is 5.69 Å². The molecule has 1 atom stereocenters. The van der Waals surface area contributed by atoms with E-state index in [1.54, 1.807) is 12.3 Å². The molecule has 1 amide bonds. The maximum atomic E-state index is 12.2. The minimum atomic E-state index is -0.00913. The van der Waals surface area contributed by atoms with E-state index in [-0.39, 0.29) is 12.5 Å². The second-order valence-electron chi connectivity index (χ2n) is 4.63. The molecule has 0 radical (unpaired) electrons. The van der Waals surface area contributed by atoms with Gasteiger partial charge in [-0.15, -0.1) is 0 Å². The number of piperidine rings is 1. The van der Waals surface area contributed by atoms with Crippen LogP contribution >= 0.6 is 15.9 Å². The SMILES string of the molecule is O=C(c1ccc(Br)cn1)N1CCCC(CCO)C1. The number of aliphatic hydroxyl groups is 1. The number of likely N-dealkylation sites (tertiary alicyclic amines) is 1. The summed E-state index contributed by atoms with van der Waals surface area (Å²) in [5.41, 5.74) is 0.489. The quantitative estimate of drug-likeness (QED) is 0.929. The van der Waals surface area contributed by atoms with E-state index in [9.17, 15) is 4.79 Å². The Hall–Kier alpha value is -0.940. The Morgan fingerprint density at radius 3 is 3.06 bits per heavy atom. The maximum Gasteiger partial charge on any atom is 0.272 e. The Labute approximate surface area is 115 Å². The number of pyridine rings is 1. The average molecular weight is 313 g/mol. The topological polar surface area (TPSA) is 53.4 Å². The summed E-state index contributed by atoms with van der Waals surface area (Å²) in [7, 11) is 0. The molecule has 2 heterocycles. The van der Waals surface area contributed by atoms with E-state index in [1.165, 1.54) is 0 Å². The number of hydrogen-bond acceptors (Lipinski definition) is 3. The molecule has 1 aliphatic heterocycles. The summed E-state index contributed by atoms with van der Waals surface area (Å²) >= 11 is 3.31. The molecule has 1 aromatic heterocycles. The van der Waals surface area contributed by atoms with E-state index < -0.39 is 0 Å². The molecule has 1 aromatic rings. The second kappa shape index (κ2) is 6.29. The van der Waals surface area contributed by atoms with Crippen LogP contribution in [0.3, 0.4) is 0 Å². The number of halogens is 1. The van der Waals surface area contributed by atoms with Gasteiger partial charge in [-0.1, -0.05) is 0 Å². The fourth-order valence-electron chi connectivity index (χ4n) is 2.33. The number of carbonyl (C=O) groups is 1. The van der Waals surface area contributed by atoms with Crippen molar-refractivity contribution in [1.29, 1.82) is 0 Å². The number of rotatable bonds is 3. The van der Waals surface area contributed by atoms with Crippen LogP contribution in [-0.2, 0) is 0 Å². The van der Waals surface area contributed by atoms with Crippen molar-refractivity contribution >= 4 is 21.8 Å². The van der Waals surface area contributed by atoms with Crippen molar-refractivity contribution in [3.63, 3.8) is 0 Å². The summed E-state index contributed by atoms with van der Waals surface area (Å²) in [6, 6.07) is 3.57. The van der Waals surface area contributed by atoms with E-state index in [4.69, 9.17) is 5.11 Å². The lowest BCUT2D eigenvalue weighted by molar-refractivity contribution is 0.0647. The standard InChI is InChI=1S/C13H17BrN2O2/c14-11-3-4-12(15-8-11)13(18)16-6-1-2-10(9-16)5-7-17/h3-4,8,10,17H,1-2,5-7,9H2. The van der Waals surface area contributed by atoms with Crippen LogP contribution in [0.5, 0.6) is 0 Å². The molecule has 98 valence electrons. The molecule has 18 heavy (non-hydrogen) atoms. The number of nitrogens with zero attached hydrogens (tertiary/aromatic N) is 2. The molecule has 0 bridgehead atoms. The molecule has 0 spiro atoms. The minimum Gasteiger partial charge on any atom is -0.396 e. The lowest BCUT2D eigenvalue weighted by atomic mass is 9.95. The lowest BCUT2D eigenvalue weighted by Crippen LogP contribution is -2.40. The van der Waals surface area contributed by atoms with Crippen LogP contribution in [0.1, 0.15) is 29.8 Å². The van der Waals surface area contributed by atoms with Crippen LogP contribution in [0.15, 0.2) is 22.8 Å². The van der Waals surface area contributed by atoms with Gasteiger partial charge in [0.05, 0.1) is 0 Å². The zero-order valence-electron chi connectivity index (χ0n) is 10.2. The van der Waals surface area contributed by atoms with Crippen LogP contribution < -0.4 is 0 Å². The fourth-order valence-corrected chi connectivity index (χ4v) is 2.57. The Morgan fingerprint density at radius 2 is 2.39 bits per heavy atom. The molecule has 0 saturated carbocycles. The molecule has 1 aliphatic rings. The Morgan fingerprint density at radius 1 is 1.56 bits per heavy atom. The highest BCUT2D eigenvalue weighted by atomic mass is 79.9. The van der Waals surface area contributed by atoms with Crippen LogP contribution in [0.4, 0.5) is 0 Å². The minimum absolute atomic E-state index is 0.00913. The third-order valence-corrected chi connectivity index (χ3v) is 3.76. The van der Waals surface area contributed by atoms with Crippen molar-refractivity contribution in [3.8, 4) is 0 Å². The van der Waals surface area contributed by atoms with E-state index in [0.717, 1.165) is 36.8 Å². The van der Waals surface area contributed by atoms with Crippen LogP contribution in [-0.4, -0.2) is 40.6 Å². The van der Waals surface area contributed by atoms with E-state index >= 15 is 0 Å². The summed E-state index contributed by atoms with van der Waals surface area (Å²) in [5.74, 6) is 0.410. The van der Waals surface area contributed by atoms with Gasteiger partial charge < -0.3 is 10.0 Å². The molecule has 5 heteroatoms. The van der Waals surface area contributed by atoms with Gasteiger partial charge in [-0.3, -0.25) is 4.79 Å². The molecule has 0 aliphatic carbocycles. The summed E-state index contributed by atoms with van der Waals surface area (Å²) in [5, 5.41) is 8.97. The van der Waals surface area contributed by atoms with E-state index in [2.05, 4.69) is 20.9 Å². The number of carbonyl (C=O) groups excluding carboxylic acids is 1. The Kier molecular flexibility index (Phi) is 4.72. The first kappa shape index (κ1) is 13.5. The molecule has 1 saturated heterocycles. The van der Waals surface area contributed by atoms with Gasteiger partial charge in [0.15, 0.2) is 0 Å². The molecule has 1 N–H and O–H groups in total. The summed E-state index contributed by atoms with van der Waals surface area (Å²) < 4.78 is 0.871. The van der Waals surface area contributed by atoms with Crippen molar-refractivity contribution in [3.05, 3.63) is 28.5 Å². The first-order valence-electron chi connectivity index (χ1n) is 6.22. The smallest absolute Gasteiger partial charge is 0.272 e. The first-order valence-corrected chi connectivity index (χ1v) is 7.01. The largest absolute Gasteiger partial charge is 0.396 e. The lowest BCUT2D eigenvalue weighted by Gasteiger charge is -2.32. The fraction of sp³-hybridized carbons (Fsp3) is 0.538. The number of aliphatic hydroxyl groups excluding tert-OH is 1. The highest BCUT2D eigenvalue weighted by Crippen LogP contribution is 2.20. The van der Waals surface area contributed by atoms with Gasteiger partial charge in [-0.2, -0.15) is 0 Å². The Bertz CT molecular complexity index is 406. The van der Waals surface area contributed by atoms with Crippen molar-refractivity contribution in [2.75, 3.05) is 19.7 Å². The van der Waals surface area contributed by atoms with Crippen LogP contribution in [0, 0.1) is 5.92 Å². The van der Waals surface area contributed by atoms with E-state index in [1.807, 2.05) is 11.0 Å². The van der Waals surface area contributed by atoms with Crippen LogP contribution in [0.25, 0.3) is 0 Å². The average Bonchev–Trinajstić information content (AvgIpc) is 2.39. The van der Waals surface area contributed by atoms with Gasteiger partial charge in [-0.25, -0.2) is 4.98 Å². The molecular weight excluding hydrogens is 296 g/mol. The zero-order chi connectivity index (χ0) is 13.0. The van der Waals surface area contributed by atoms with Crippen molar-refractivity contribution < 1.29 is 9.90 Å². The predicted molar refractivity (Wildman–Crippen MR) is 72.3 cm³/mol. The van der Waals surface area contributed by atoms with Gasteiger partial charge in [0.2, 0.25) is 0 Å². The van der Waals surface area contributed by atoms with Gasteiger partial charge in [0, 0.05) is 30.4 Å². The second-order valence-corrected chi connectivity index (χ2v) is 5.55. The highest BCUT2D eigenvalue weighted by molar-refractivity contribution is 9.10. The number of aromatic nitrogens is 1. The van der Waals surface area contributed by atoms with Crippen molar-refractivity contribution in [2.45, 2.75) is 19.3 Å². The Balaban J connectivity index is 2.02. The zero-order valence-corrected chi connectivity index (χ0v) is 11.8. The van der Waals surface area contributed by atoms with Gasteiger partial charge in [0.25, 0.3) is 5.91 Å². The van der Waals surface area contributed by atoms with Gasteiger partial charge in [-0.05, 0) is 53.2 Å². The predicted octanol–water partition coefficient (Wildman–Crippen LogP) is 2.08. The molecule has 0 aromatic carbocycles. The molecular formula is C13H17BrN2O2. The van der Waals surface area contributed by atoms with Crippen molar-refractivity contribution in [1.82, 2.24) is 9.88 Å². The summed E-state index contributed by atoms with van der Waals surface area (Å²) in [6.07, 6.45) is 4.52. The number of amides is 1. The van der Waals surface area contributed by atoms with Crippen molar-refractivity contribution in [2.24, 2.45) is 5.92 Å². The molecule has 2 rings (SSSR count). The summed E-state index contributed by atoms with van der Waals surface area (Å²) in [6.45, 7) is 1.72. The van der Waals surface area contributed by atoms with Crippen LogP contribution in [0.2, 0.25) is 0 Å². The third-order valence-electron chi connectivity index (χ3n) is 3.29. The monoisotopic (exact) mass is 312 g/mol. The molecule has 1 unspecified atom stereocenters. The summed E-state index contributed by atoms with van der Waals surface area (Å²) in [4.78, 5) is 18.2. The third kappa shape index (κ3) is 3.29. The highest BCUT2D eigenvalue weighted by Gasteiger charge is 2.24. The molecule has 1 fully saturated rings. The maximum absolute atomic E-state index is 12.2.